The Labute approximate surface area is 136 Å². The number of hydrogen-bond acceptors (Lipinski definition) is 3. The number of benzene rings is 2. The highest BCUT2D eigenvalue weighted by Gasteiger charge is 2.16. The van der Waals surface area contributed by atoms with Gasteiger partial charge in [-0.15, -0.1) is 0 Å². The molecule has 0 amide bonds. The van der Waals surface area contributed by atoms with Crippen molar-refractivity contribution in [3.63, 3.8) is 0 Å². The van der Waals surface area contributed by atoms with Gasteiger partial charge in [0.2, 0.25) is 10.0 Å². The van der Waals surface area contributed by atoms with Gasteiger partial charge in [-0.25, -0.2) is 13.1 Å². The van der Waals surface area contributed by atoms with Gasteiger partial charge in [0, 0.05) is 23.6 Å². The quantitative estimate of drug-likeness (QED) is 0.724. The van der Waals surface area contributed by atoms with Gasteiger partial charge in [0.25, 0.3) is 0 Å². The summed E-state index contributed by atoms with van der Waals surface area (Å²) in [5, 5.41) is 10.8. The summed E-state index contributed by atoms with van der Waals surface area (Å²) in [5.74, 6) is 0. The molecule has 2 aromatic carbocycles. The Kier molecular flexibility index (Phi) is 6.20. The van der Waals surface area contributed by atoms with Crippen molar-refractivity contribution in [2.75, 3.05) is 13.2 Å². The van der Waals surface area contributed by atoms with Gasteiger partial charge < -0.3 is 5.11 Å². The summed E-state index contributed by atoms with van der Waals surface area (Å²) in [6, 6.07) is 10.3. The maximum Gasteiger partial charge on any atom is 0.241 e. The van der Waals surface area contributed by atoms with E-state index in [1.54, 1.807) is 30.3 Å². The topological polar surface area (TPSA) is 66.4 Å². The smallest absolute Gasteiger partial charge is 0.241 e. The van der Waals surface area contributed by atoms with Crippen LogP contribution in [0, 0.1) is 0 Å². The van der Waals surface area contributed by atoms with Crippen molar-refractivity contribution in [2.45, 2.75) is 30.6 Å². The minimum Gasteiger partial charge on any atom is -0.396 e. The highest BCUT2D eigenvalue weighted by Crippen LogP contribution is 2.25. The van der Waals surface area contributed by atoms with Crippen LogP contribution in [0.2, 0.25) is 5.02 Å². The number of hydrogen-bond donors (Lipinski definition) is 2. The second-order valence-corrected chi connectivity index (χ2v) is 7.33. The van der Waals surface area contributed by atoms with Crippen molar-refractivity contribution < 1.29 is 13.5 Å². The molecule has 0 aliphatic rings. The average molecular weight is 342 g/mol. The van der Waals surface area contributed by atoms with Gasteiger partial charge in [-0.2, -0.15) is 0 Å². The van der Waals surface area contributed by atoms with Crippen molar-refractivity contribution in [3.05, 3.63) is 41.4 Å². The Balaban J connectivity index is 2.09. The van der Waals surface area contributed by atoms with Crippen LogP contribution in [0.5, 0.6) is 0 Å². The number of unbranched alkanes of at least 4 members (excludes halogenated alkanes) is 3. The van der Waals surface area contributed by atoms with Crippen LogP contribution in [0.25, 0.3) is 10.8 Å². The third kappa shape index (κ3) is 4.43. The Morgan fingerprint density at radius 2 is 1.82 bits per heavy atom. The van der Waals surface area contributed by atoms with Crippen molar-refractivity contribution in [1.82, 2.24) is 4.72 Å². The lowest BCUT2D eigenvalue weighted by molar-refractivity contribution is 0.282. The number of sulfonamides is 1. The fraction of sp³-hybridized carbons (Fsp3) is 0.375. The van der Waals surface area contributed by atoms with Crippen LogP contribution in [-0.4, -0.2) is 26.7 Å². The highest BCUT2D eigenvalue weighted by molar-refractivity contribution is 7.89. The molecule has 0 saturated carbocycles. The van der Waals surface area contributed by atoms with Crippen molar-refractivity contribution in [3.8, 4) is 0 Å². The molecule has 0 unspecified atom stereocenters. The molecule has 2 N–H and O–H groups in total. The van der Waals surface area contributed by atoms with E-state index in [0.717, 1.165) is 31.1 Å². The zero-order chi connectivity index (χ0) is 16.0. The molecule has 0 spiro atoms. The number of aliphatic hydroxyl groups is 1. The Bertz CT molecular complexity index is 731. The minimum atomic E-state index is -3.53. The van der Waals surface area contributed by atoms with Crippen molar-refractivity contribution in [1.29, 1.82) is 0 Å². The predicted octanol–water partition coefficient (Wildman–Crippen LogP) is 3.32. The van der Waals surface area contributed by atoms with Crippen LogP contribution >= 0.6 is 11.6 Å². The summed E-state index contributed by atoms with van der Waals surface area (Å²) in [5.41, 5.74) is 0. The number of halogens is 1. The predicted molar refractivity (Wildman–Crippen MR) is 89.7 cm³/mol. The molecule has 0 aliphatic carbocycles. The lowest BCUT2D eigenvalue weighted by Crippen LogP contribution is -2.25. The molecule has 0 bridgehead atoms. The molecule has 0 radical (unpaired) electrons. The monoisotopic (exact) mass is 341 g/mol. The van der Waals surface area contributed by atoms with Crippen LogP contribution in [0.4, 0.5) is 0 Å². The largest absolute Gasteiger partial charge is 0.396 e. The first-order valence-corrected chi connectivity index (χ1v) is 9.19. The van der Waals surface area contributed by atoms with Crippen molar-refractivity contribution >= 4 is 32.4 Å². The van der Waals surface area contributed by atoms with E-state index in [9.17, 15) is 8.42 Å². The van der Waals surface area contributed by atoms with E-state index in [1.165, 1.54) is 0 Å². The second-order valence-electron chi connectivity index (χ2n) is 5.16. The summed E-state index contributed by atoms with van der Waals surface area (Å²) in [6.07, 6.45) is 3.33. The molecule has 0 aromatic heterocycles. The van der Waals surface area contributed by atoms with Gasteiger partial charge in [0.15, 0.2) is 0 Å². The van der Waals surface area contributed by atoms with Crippen LogP contribution in [0.1, 0.15) is 25.7 Å². The molecule has 0 saturated heterocycles. The van der Waals surface area contributed by atoms with Crippen LogP contribution in [-0.2, 0) is 10.0 Å². The van der Waals surface area contributed by atoms with Gasteiger partial charge in [-0.3, -0.25) is 0 Å². The molecule has 6 heteroatoms. The van der Waals surface area contributed by atoms with Gasteiger partial charge in [0.1, 0.15) is 0 Å². The Hall–Kier alpha value is -1.14. The third-order valence-corrected chi connectivity index (χ3v) is 5.22. The number of nitrogens with one attached hydrogen (secondary N) is 1. The number of aliphatic hydroxyl groups excluding tert-OH is 1. The van der Waals surface area contributed by atoms with Gasteiger partial charge in [-0.05, 0) is 36.4 Å². The van der Waals surface area contributed by atoms with Crippen LogP contribution in [0.15, 0.2) is 41.3 Å². The number of rotatable bonds is 8. The maximum atomic E-state index is 12.4. The van der Waals surface area contributed by atoms with Crippen molar-refractivity contribution in [2.24, 2.45) is 0 Å². The first-order valence-electron chi connectivity index (χ1n) is 7.33. The molecule has 2 aromatic rings. The summed E-state index contributed by atoms with van der Waals surface area (Å²) in [6.45, 7) is 0.585. The fourth-order valence-electron chi connectivity index (χ4n) is 2.33. The first-order chi connectivity index (χ1) is 10.5. The molecule has 0 atom stereocenters. The molecule has 120 valence electrons. The zero-order valence-corrected chi connectivity index (χ0v) is 13.8. The normalized spacial score (nSPS) is 11.9. The number of fused-ring (bicyclic) bond motifs is 1. The van der Waals surface area contributed by atoms with Gasteiger partial charge in [-0.1, -0.05) is 42.6 Å². The summed E-state index contributed by atoms with van der Waals surface area (Å²) < 4.78 is 27.5. The van der Waals surface area contributed by atoms with E-state index in [0.29, 0.717) is 17.0 Å². The van der Waals surface area contributed by atoms with E-state index in [2.05, 4.69) is 4.72 Å². The minimum absolute atomic E-state index is 0.185. The van der Waals surface area contributed by atoms with Gasteiger partial charge in [0.05, 0.1) is 4.90 Å². The zero-order valence-electron chi connectivity index (χ0n) is 12.3. The molecule has 2 rings (SSSR count). The molecule has 4 nitrogen and oxygen atoms in total. The SMILES string of the molecule is O=S(=O)(NCCCCCCO)c1cccc2cc(Cl)ccc12. The van der Waals surface area contributed by atoms with E-state index < -0.39 is 10.0 Å². The lowest BCUT2D eigenvalue weighted by atomic mass is 10.1. The Morgan fingerprint density at radius 1 is 1.05 bits per heavy atom. The Morgan fingerprint density at radius 3 is 2.59 bits per heavy atom. The van der Waals surface area contributed by atoms with E-state index in [1.807, 2.05) is 6.07 Å². The molecular formula is C16H20ClNO3S. The van der Waals surface area contributed by atoms with E-state index in [-0.39, 0.29) is 11.5 Å². The molecule has 22 heavy (non-hydrogen) atoms. The molecular weight excluding hydrogens is 322 g/mol. The average Bonchev–Trinajstić information content (AvgIpc) is 2.49. The summed E-state index contributed by atoms with van der Waals surface area (Å²) in [7, 11) is -3.53. The van der Waals surface area contributed by atoms with E-state index >= 15 is 0 Å². The van der Waals surface area contributed by atoms with Crippen LogP contribution in [0.3, 0.4) is 0 Å². The fourth-order valence-corrected chi connectivity index (χ4v) is 3.82. The van der Waals surface area contributed by atoms with E-state index in [4.69, 9.17) is 16.7 Å². The maximum absolute atomic E-state index is 12.4. The second kappa shape index (κ2) is 7.92. The van der Waals surface area contributed by atoms with Crippen LogP contribution < -0.4 is 4.72 Å². The lowest BCUT2D eigenvalue weighted by Gasteiger charge is -2.10. The third-order valence-electron chi connectivity index (χ3n) is 3.47. The molecule has 0 fully saturated rings. The first kappa shape index (κ1) is 17.2. The van der Waals surface area contributed by atoms with Gasteiger partial charge >= 0.3 is 0 Å². The summed E-state index contributed by atoms with van der Waals surface area (Å²) >= 11 is 5.95. The standard InChI is InChI=1S/C16H20ClNO3S/c17-14-8-9-15-13(12-14)6-5-7-16(15)22(20,21)18-10-3-1-2-4-11-19/h5-9,12,18-19H,1-4,10-11H2. The molecule has 0 heterocycles. The highest BCUT2D eigenvalue weighted by atomic mass is 35.5. The summed E-state index contributed by atoms with van der Waals surface area (Å²) in [4.78, 5) is 0.275. The molecule has 0 aliphatic heterocycles.